The van der Waals surface area contributed by atoms with Gasteiger partial charge in [-0.15, -0.1) is 0 Å². The molecule has 1 amide bonds. The van der Waals surface area contributed by atoms with E-state index in [-0.39, 0.29) is 12.5 Å². The minimum atomic E-state index is -0.269. The Hall–Kier alpha value is -2.64. The van der Waals surface area contributed by atoms with Crippen LogP contribution in [0.15, 0.2) is 41.1 Å². The molecule has 3 aromatic rings. The third-order valence-corrected chi connectivity index (χ3v) is 4.93. The van der Waals surface area contributed by atoms with Crippen molar-refractivity contribution in [2.45, 2.75) is 32.4 Å². The van der Waals surface area contributed by atoms with Gasteiger partial charge in [-0.3, -0.25) is 9.69 Å². The lowest BCUT2D eigenvalue weighted by molar-refractivity contribution is 0.0992. The fraction of sp³-hybridized carbons (Fsp3) is 0.400. The van der Waals surface area contributed by atoms with Crippen molar-refractivity contribution in [3.8, 4) is 0 Å². The van der Waals surface area contributed by atoms with Crippen molar-refractivity contribution in [1.82, 2.24) is 14.5 Å². The third-order valence-electron chi connectivity index (χ3n) is 4.93. The van der Waals surface area contributed by atoms with Crippen LogP contribution < -0.4 is 5.32 Å². The number of aromatic nitrogens is 2. The SMILES string of the molecule is O=C(Nc1ccc2c(c1)ncn2CCO)c1ccc(CN2CCCCC2)o1. The average Bonchev–Trinajstić information content (AvgIpc) is 3.30. The van der Waals surface area contributed by atoms with Crippen LogP contribution in [0.4, 0.5) is 5.69 Å². The highest BCUT2D eigenvalue weighted by Gasteiger charge is 2.16. The number of rotatable bonds is 6. The van der Waals surface area contributed by atoms with Gasteiger partial charge in [-0.2, -0.15) is 0 Å². The van der Waals surface area contributed by atoms with Gasteiger partial charge in [0.2, 0.25) is 0 Å². The van der Waals surface area contributed by atoms with Crippen molar-refractivity contribution < 1.29 is 14.3 Å². The molecule has 0 aliphatic carbocycles. The Bertz CT molecular complexity index is 924. The van der Waals surface area contributed by atoms with Crippen molar-refractivity contribution in [1.29, 1.82) is 0 Å². The van der Waals surface area contributed by atoms with Gasteiger partial charge in [0.25, 0.3) is 5.91 Å². The first-order valence-corrected chi connectivity index (χ1v) is 9.41. The van der Waals surface area contributed by atoms with Crippen LogP contribution in [-0.2, 0) is 13.1 Å². The molecule has 0 bridgehead atoms. The maximum atomic E-state index is 12.5. The molecule has 1 aromatic carbocycles. The number of aliphatic hydroxyl groups is 1. The number of amides is 1. The summed E-state index contributed by atoms with van der Waals surface area (Å²) in [6.07, 6.45) is 5.44. The third kappa shape index (κ3) is 4.04. The lowest BCUT2D eigenvalue weighted by Crippen LogP contribution is -2.28. The molecule has 0 spiro atoms. The minimum absolute atomic E-state index is 0.0577. The Morgan fingerprint density at radius 3 is 2.85 bits per heavy atom. The van der Waals surface area contributed by atoms with E-state index < -0.39 is 0 Å². The van der Waals surface area contributed by atoms with Crippen LogP contribution in [-0.4, -0.2) is 45.2 Å². The maximum absolute atomic E-state index is 12.5. The molecule has 3 heterocycles. The van der Waals surface area contributed by atoms with Gasteiger partial charge in [0, 0.05) is 12.2 Å². The quantitative estimate of drug-likeness (QED) is 0.699. The highest BCUT2D eigenvalue weighted by Crippen LogP contribution is 2.20. The molecule has 1 saturated heterocycles. The summed E-state index contributed by atoms with van der Waals surface area (Å²) in [5.74, 6) is 0.863. The zero-order chi connectivity index (χ0) is 18.6. The molecule has 142 valence electrons. The number of furan rings is 1. The molecule has 4 rings (SSSR count). The number of carbonyl (C=O) groups excluding carboxylic acids is 1. The van der Waals surface area contributed by atoms with Crippen LogP contribution in [0.3, 0.4) is 0 Å². The average molecular weight is 368 g/mol. The number of nitrogens with zero attached hydrogens (tertiary/aromatic N) is 3. The number of hydrogen-bond donors (Lipinski definition) is 2. The number of anilines is 1. The summed E-state index contributed by atoms with van der Waals surface area (Å²) in [5, 5.41) is 11.9. The van der Waals surface area contributed by atoms with Crippen LogP contribution in [0, 0.1) is 0 Å². The summed E-state index contributed by atoms with van der Waals surface area (Å²) in [7, 11) is 0. The monoisotopic (exact) mass is 368 g/mol. The van der Waals surface area contributed by atoms with Crippen molar-refractivity contribution in [3.63, 3.8) is 0 Å². The Morgan fingerprint density at radius 1 is 1.19 bits per heavy atom. The van der Waals surface area contributed by atoms with E-state index in [9.17, 15) is 4.79 Å². The van der Waals surface area contributed by atoms with Crippen LogP contribution in [0.1, 0.15) is 35.6 Å². The second-order valence-electron chi connectivity index (χ2n) is 6.92. The first-order chi connectivity index (χ1) is 13.2. The number of nitrogens with one attached hydrogen (secondary N) is 1. The van der Waals surface area contributed by atoms with Crippen LogP contribution in [0.25, 0.3) is 11.0 Å². The van der Waals surface area contributed by atoms with E-state index in [0.29, 0.717) is 18.0 Å². The smallest absolute Gasteiger partial charge is 0.291 e. The number of imidazole rings is 1. The van der Waals surface area contributed by atoms with E-state index in [1.54, 1.807) is 12.4 Å². The number of piperidine rings is 1. The summed E-state index contributed by atoms with van der Waals surface area (Å²) in [6, 6.07) is 9.13. The molecule has 7 heteroatoms. The first kappa shape index (κ1) is 17.8. The minimum Gasteiger partial charge on any atom is -0.455 e. The van der Waals surface area contributed by atoms with E-state index in [0.717, 1.165) is 36.4 Å². The first-order valence-electron chi connectivity index (χ1n) is 9.41. The number of benzene rings is 1. The lowest BCUT2D eigenvalue weighted by atomic mass is 10.1. The normalized spacial score (nSPS) is 15.3. The molecular formula is C20H24N4O3. The molecule has 1 fully saturated rings. The molecule has 7 nitrogen and oxygen atoms in total. The fourth-order valence-electron chi connectivity index (χ4n) is 3.54. The highest BCUT2D eigenvalue weighted by molar-refractivity contribution is 6.03. The van der Waals surface area contributed by atoms with E-state index in [4.69, 9.17) is 9.52 Å². The molecular weight excluding hydrogens is 344 g/mol. The van der Waals surface area contributed by atoms with Crippen LogP contribution in [0.5, 0.6) is 0 Å². The van der Waals surface area contributed by atoms with Gasteiger partial charge < -0.3 is 19.4 Å². The van der Waals surface area contributed by atoms with Crippen molar-refractivity contribution in [2.75, 3.05) is 25.0 Å². The summed E-state index contributed by atoms with van der Waals surface area (Å²) >= 11 is 0. The number of aliphatic hydroxyl groups excluding tert-OH is 1. The van der Waals surface area contributed by atoms with Crippen LogP contribution in [0.2, 0.25) is 0 Å². The van der Waals surface area contributed by atoms with Crippen molar-refractivity contribution in [2.24, 2.45) is 0 Å². The number of hydrogen-bond acceptors (Lipinski definition) is 5. The molecule has 2 N–H and O–H groups in total. The molecule has 0 atom stereocenters. The summed E-state index contributed by atoms with van der Waals surface area (Å²) < 4.78 is 7.62. The maximum Gasteiger partial charge on any atom is 0.291 e. The Kier molecular flexibility index (Phi) is 5.22. The largest absolute Gasteiger partial charge is 0.455 e. The van der Waals surface area contributed by atoms with E-state index >= 15 is 0 Å². The van der Waals surface area contributed by atoms with Gasteiger partial charge >= 0.3 is 0 Å². The van der Waals surface area contributed by atoms with E-state index in [1.807, 2.05) is 28.8 Å². The zero-order valence-corrected chi connectivity index (χ0v) is 15.2. The molecule has 0 unspecified atom stereocenters. The standard InChI is InChI=1S/C20H24N4O3/c25-11-10-24-14-21-17-12-15(4-6-18(17)24)22-20(26)19-7-5-16(27-19)13-23-8-2-1-3-9-23/h4-7,12,14,25H,1-3,8-11,13H2,(H,22,26). The molecule has 0 saturated carbocycles. The fourth-order valence-corrected chi connectivity index (χ4v) is 3.54. The predicted molar refractivity (Wildman–Crippen MR) is 103 cm³/mol. The van der Waals surface area contributed by atoms with E-state index in [1.165, 1.54) is 19.3 Å². The topological polar surface area (TPSA) is 83.5 Å². The van der Waals surface area contributed by atoms with Gasteiger partial charge in [-0.05, 0) is 56.3 Å². The Balaban J connectivity index is 1.42. The summed E-state index contributed by atoms with van der Waals surface area (Å²) in [5.41, 5.74) is 2.35. The van der Waals surface area contributed by atoms with Crippen molar-refractivity contribution >= 4 is 22.6 Å². The van der Waals surface area contributed by atoms with Crippen LogP contribution >= 0.6 is 0 Å². The predicted octanol–water partition coefficient (Wildman–Crippen LogP) is 2.86. The zero-order valence-electron chi connectivity index (χ0n) is 15.2. The van der Waals surface area contributed by atoms with Gasteiger partial charge in [-0.25, -0.2) is 4.98 Å². The summed E-state index contributed by atoms with van der Waals surface area (Å²) in [6.45, 7) is 3.48. The number of likely N-dealkylation sites (tertiary alicyclic amines) is 1. The van der Waals surface area contributed by atoms with Crippen molar-refractivity contribution in [3.05, 3.63) is 48.2 Å². The van der Waals surface area contributed by atoms with Gasteiger partial charge in [0.15, 0.2) is 5.76 Å². The molecule has 1 aliphatic heterocycles. The number of carbonyl (C=O) groups is 1. The van der Waals surface area contributed by atoms with Gasteiger partial charge in [-0.1, -0.05) is 6.42 Å². The summed E-state index contributed by atoms with van der Waals surface area (Å²) in [4.78, 5) is 19.2. The highest BCUT2D eigenvalue weighted by atomic mass is 16.4. The Morgan fingerprint density at radius 2 is 2.04 bits per heavy atom. The lowest BCUT2D eigenvalue weighted by Gasteiger charge is -2.25. The van der Waals surface area contributed by atoms with E-state index in [2.05, 4.69) is 15.2 Å². The second kappa shape index (κ2) is 7.94. The molecule has 1 aliphatic rings. The number of fused-ring (bicyclic) bond motifs is 1. The van der Waals surface area contributed by atoms with Gasteiger partial charge in [0.1, 0.15) is 5.76 Å². The second-order valence-corrected chi connectivity index (χ2v) is 6.92. The molecule has 2 aromatic heterocycles. The molecule has 0 radical (unpaired) electrons. The Labute approximate surface area is 157 Å². The molecule has 27 heavy (non-hydrogen) atoms. The van der Waals surface area contributed by atoms with Gasteiger partial charge in [0.05, 0.1) is 30.5 Å².